The number of ether oxygens (including phenoxy) is 1. The molecular formula is C11H16N2O2S. The summed E-state index contributed by atoms with van der Waals surface area (Å²) < 4.78 is 4.92. The number of hydrogen-bond donors (Lipinski definition) is 0. The lowest BCUT2D eigenvalue weighted by atomic mass is 10.5. The van der Waals surface area contributed by atoms with Crippen LogP contribution in [0.1, 0.15) is 37.2 Å². The minimum absolute atomic E-state index is 0.322. The van der Waals surface area contributed by atoms with E-state index in [2.05, 4.69) is 16.8 Å². The molecule has 1 aromatic heterocycles. The summed E-state index contributed by atoms with van der Waals surface area (Å²) in [6.45, 7) is 5.25. The molecule has 1 fully saturated rings. The van der Waals surface area contributed by atoms with E-state index >= 15 is 0 Å². The van der Waals surface area contributed by atoms with Crippen molar-refractivity contribution in [1.29, 1.82) is 0 Å². The Bertz CT molecular complexity index is 374. The first kappa shape index (κ1) is 11.4. The first-order valence-electron chi connectivity index (χ1n) is 5.65. The van der Waals surface area contributed by atoms with E-state index in [0.29, 0.717) is 18.3 Å². The van der Waals surface area contributed by atoms with Gasteiger partial charge in [0.1, 0.15) is 0 Å². The van der Waals surface area contributed by atoms with Crippen molar-refractivity contribution in [1.82, 2.24) is 4.98 Å². The molecule has 0 unspecified atom stereocenters. The van der Waals surface area contributed by atoms with Gasteiger partial charge in [0.05, 0.1) is 6.61 Å². The lowest BCUT2D eigenvalue weighted by Crippen LogP contribution is -2.24. The highest BCUT2D eigenvalue weighted by atomic mass is 32.1. The number of nitrogens with zero attached hydrogens (tertiary/aromatic N) is 2. The Kier molecular flexibility index (Phi) is 3.43. The van der Waals surface area contributed by atoms with Crippen LogP contribution in [0.15, 0.2) is 5.38 Å². The van der Waals surface area contributed by atoms with E-state index in [1.54, 1.807) is 12.3 Å². The quantitative estimate of drug-likeness (QED) is 0.741. The molecule has 88 valence electrons. The van der Waals surface area contributed by atoms with Gasteiger partial charge in [-0.3, -0.25) is 0 Å². The van der Waals surface area contributed by atoms with Crippen molar-refractivity contribution in [3.63, 3.8) is 0 Å². The third-order valence-corrected chi connectivity index (χ3v) is 3.43. The van der Waals surface area contributed by atoms with Gasteiger partial charge in [-0.2, -0.15) is 0 Å². The molecule has 1 aliphatic carbocycles. The summed E-state index contributed by atoms with van der Waals surface area (Å²) in [6, 6.07) is 0.631. The van der Waals surface area contributed by atoms with Crippen molar-refractivity contribution in [2.45, 2.75) is 32.7 Å². The highest BCUT2D eigenvalue weighted by Gasteiger charge is 2.30. The molecular weight excluding hydrogens is 224 g/mol. The summed E-state index contributed by atoms with van der Waals surface area (Å²) in [6.07, 6.45) is 2.48. The molecule has 16 heavy (non-hydrogen) atoms. The highest BCUT2D eigenvalue weighted by Crippen LogP contribution is 2.33. The van der Waals surface area contributed by atoms with Crippen LogP contribution in [0.2, 0.25) is 0 Å². The third-order valence-electron chi connectivity index (χ3n) is 2.55. The zero-order valence-corrected chi connectivity index (χ0v) is 10.4. The van der Waals surface area contributed by atoms with E-state index < -0.39 is 0 Å². The molecule has 1 aromatic rings. The molecule has 0 saturated heterocycles. The van der Waals surface area contributed by atoms with Crippen molar-refractivity contribution in [2.75, 3.05) is 18.1 Å². The maximum atomic E-state index is 11.5. The minimum atomic E-state index is -0.322. The van der Waals surface area contributed by atoms with Gasteiger partial charge in [-0.15, -0.1) is 11.3 Å². The van der Waals surface area contributed by atoms with Crippen LogP contribution in [0.25, 0.3) is 0 Å². The lowest BCUT2D eigenvalue weighted by Gasteiger charge is -2.18. The van der Waals surface area contributed by atoms with Gasteiger partial charge < -0.3 is 9.64 Å². The molecule has 0 aromatic carbocycles. The molecule has 5 heteroatoms. The van der Waals surface area contributed by atoms with Crippen molar-refractivity contribution >= 4 is 22.4 Å². The molecule has 0 spiro atoms. The molecule has 0 aliphatic heterocycles. The number of esters is 1. The molecule has 1 heterocycles. The van der Waals surface area contributed by atoms with Gasteiger partial charge in [0, 0.05) is 18.0 Å². The SMILES string of the molecule is CCOC(=O)c1csc(N(CC)C2CC2)n1. The van der Waals surface area contributed by atoms with Crippen LogP contribution in [-0.4, -0.2) is 30.1 Å². The van der Waals surface area contributed by atoms with Crippen LogP contribution >= 0.6 is 11.3 Å². The Morgan fingerprint density at radius 2 is 2.38 bits per heavy atom. The van der Waals surface area contributed by atoms with Crippen LogP contribution in [0.3, 0.4) is 0 Å². The van der Waals surface area contributed by atoms with Crippen LogP contribution in [0, 0.1) is 0 Å². The Hall–Kier alpha value is -1.10. The molecule has 0 radical (unpaired) electrons. The summed E-state index contributed by atoms with van der Waals surface area (Å²) >= 11 is 1.52. The van der Waals surface area contributed by atoms with Gasteiger partial charge in [-0.05, 0) is 26.7 Å². The fourth-order valence-electron chi connectivity index (χ4n) is 1.63. The van der Waals surface area contributed by atoms with Gasteiger partial charge in [0.25, 0.3) is 0 Å². The zero-order chi connectivity index (χ0) is 11.5. The van der Waals surface area contributed by atoms with Crippen LogP contribution in [0.5, 0.6) is 0 Å². The summed E-state index contributed by atoms with van der Waals surface area (Å²) in [4.78, 5) is 18.0. The summed E-state index contributed by atoms with van der Waals surface area (Å²) in [5, 5.41) is 2.71. The van der Waals surface area contributed by atoms with Gasteiger partial charge in [-0.25, -0.2) is 9.78 Å². The Morgan fingerprint density at radius 3 is 2.94 bits per heavy atom. The maximum Gasteiger partial charge on any atom is 0.357 e. The van der Waals surface area contributed by atoms with E-state index in [1.165, 1.54) is 24.2 Å². The molecule has 0 bridgehead atoms. The summed E-state index contributed by atoms with van der Waals surface area (Å²) in [5.41, 5.74) is 0.431. The Balaban J connectivity index is 2.08. The number of carbonyl (C=O) groups is 1. The first-order chi connectivity index (χ1) is 7.76. The second-order valence-electron chi connectivity index (χ2n) is 3.75. The molecule has 0 amide bonds. The molecule has 1 saturated carbocycles. The smallest absolute Gasteiger partial charge is 0.357 e. The van der Waals surface area contributed by atoms with Gasteiger partial charge in [-0.1, -0.05) is 0 Å². The second-order valence-corrected chi connectivity index (χ2v) is 4.59. The average Bonchev–Trinajstić information content (AvgIpc) is 2.97. The fraction of sp³-hybridized carbons (Fsp3) is 0.636. The van der Waals surface area contributed by atoms with E-state index in [9.17, 15) is 4.79 Å². The van der Waals surface area contributed by atoms with E-state index in [1.807, 2.05) is 0 Å². The van der Waals surface area contributed by atoms with Crippen LogP contribution in [-0.2, 0) is 4.74 Å². The normalized spacial score (nSPS) is 14.9. The molecule has 1 aliphatic rings. The Morgan fingerprint density at radius 1 is 1.62 bits per heavy atom. The van der Waals surface area contributed by atoms with Gasteiger partial charge >= 0.3 is 5.97 Å². The number of anilines is 1. The largest absolute Gasteiger partial charge is 0.461 e. The van der Waals surface area contributed by atoms with Crippen LogP contribution in [0.4, 0.5) is 5.13 Å². The van der Waals surface area contributed by atoms with Gasteiger partial charge in [0.15, 0.2) is 10.8 Å². The number of carbonyl (C=O) groups excluding carboxylic acids is 1. The number of thiazole rings is 1. The molecule has 2 rings (SSSR count). The van der Waals surface area contributed by atoms with Crippen molar-refractivity contribution in [2.24, 2.45) is 0 Å². The fourth-order valence-corrected chi connectivity index (χ4v) is 2.56. The van der Waals surface area contributed by atoms with Gasteiger partial charge in [0.2, 0.25) is 0 Å². The number of hydrogen-bond acceptors (Lipinski definition) is 5. The Labute approximate surface area is 99.2 Å². The van der Waals surface area contributed by atoms with E-state index in [-0.39, 0.29) is 5.97 Å². The van der Waals surface area contributed by atoms with Crippen molar-refractivity contribution < 1.29 is 9.53 Å². The highest BCUT2D eigenvalue weighted by molar-refractivity contribution is 7.13. The monoisotopic (exact) mass is 240 g/mol. The first-order valence-corrected chi connectivity index (χ1v) is 6.53. The van der Waals surface area contributed by atoms with Crippen molar-refractivity contribution in [3.05, 3.63) is 11.1 Å². The standard InChI is InChI=1S/C11H16N2O2S/c1-3-13(8-5-6-8)11-12-9(7-16-11)10(14)15-4-2/h7-8H,3-6H2,1-2H3. The average molecular weight is 240 g/mol. The van der Waals surface area contributed by atoms with E-state index in [4.69, 9.17) is 4.74 Å². The zero-order valence-electron chi connectivity index (χ0n) is 9.60. The van der Waals surface area contributed by atoms with E-state index in [0.717, 1.165) is 11.7 Å². The topological polar surface area (TPSA) is 42.4 Å². The molecule has 0 atom stereocenters. The third kappa shape index (κ3) is 2.35. The summed E-state index contributed by atoms with van der Waals surface area (Å²) in [5.74, 6) is -0.322. The number of rotatable bonds is 5. The minimum Gasteiger partial charge on any atom is -0.461 e. The van der Waals surface area contributed by atoms with Crippen molar-refractivity contribution in [3.8, 4) is 0 Å². The molecule has 4 nitrogen and oxygen atoms in total. The molecule has 0 N–H and O–H groups in total. The van der Waals surface area contributed by atoms with Crippen LogP contribution < -0.4 is 4.90 Å². The second kappa shape index (κ2) is 4.82. The predicted molar refractivity (Wildman–Crippen MR) is 64.1 cm³/mol. The summed E-state index contributed by atoms with van der Waals surface area (Å²) in [7, 11) is 0. The number of aromatic nitrogens is 1. The predicted octanol–water partition coefficient (Wildman–Crippen LogP) is 2.31. The maximum absolute atomic E-state index is 11.5. The lowest BCUT2D eigenvalue weighted by molar-refractivity contribution is 0.0520.